The van der Waals surface area contributed by atoms with Gasteiger partial charge in [-0.05, 0) is 12.8 Å². The van der Waals surface area contributed by atoms with Gasteiger partial charge in [-0.3, -0.25) is 4.79 Å². The maximum atomic E-state index is 10.8. The molecular formula is C22H45NO. The van der Waals surface area contributed by atoms with E-state index in [0.29, 0.717) is 0 Å². The molecule has 2 nitrogen and oxygen atoms in total. The monoisotopic (exact) mass is 339 g/mol. The summed E-state index contributed by atoms with van der Waals surface area (Å²) in [5.74, 6) is 0. The van der Waals surface area contributed by atoms with Crippen molar-refractivity contribution in [1.29, 1.82) is 0 Å². The third kappa shape index (κ3) is 17.8. The Morgan fingerprint density at radius 1 is 0.500 bits per heavy atom. The summed E-state index contributed by atoms with van der Waals surface area (Å²) in [5, 5.41) is 0. The summed E-state index contributed by atoms with van der Waals surface area (Å²) in [5.41, 5.74) is 0. The van der Waals surface area contributed by atoms with Crippen LogP contribution in [0.15, 0.2) is 0 Å². The van der Waals surface area contributed by atoms with Gasteiger partial charge in [0.15, 0.2) is 0 Å². The summed E-state index contributed by atoms with van der Waals surface area (Å²) in [4.78, 5) is 12.7. The van der Waals surface area contributed by atoms with Crippen LogP contribution in [-0.2, 0) is 4.79 Å². The molecule has 0 spiro atoms. The highest BCUT2D eigenvalue weighted by Crippen LogP contribution is 2.13. The maximum Gasteiger partial charge on any atom is 0.209 e. The maximum absolute atomic E-state index is 10.8. The predicted molar refractivity (Wildman–Crippen MR) is 107 cm³/mol. The van der Waals surface area contributed by atoms with Gasteiger partial charge in [0.05, 0.1) is 0 Å². The largest absolute Gasteiger partial charge is 0.345 e. The van der Waals surface area contributed by atoms with Crippen molar-refractivity contribution in [3.8, 4) is 0 Å². The first kappa shape index (κ1) is 23.5. The van der Waals surface area contributed by atoms with Crippen LogP contribution < -0.4 is 0 Å². The Labute approximate surface area is 152 Å². The van der Waals surface area contributed by atoms with Crippen LogP contribution in [0.2, 0.25) is 0 Å². The Bertz CT molecular complexity index is 242. The first-order valence-corrected chi connectivity index (χ1v) is 11.0. The van der Waals surface area contributed by atoms with Gasteiger partial charge in [-0.1, -0.05) is 110 Å². The number of carbonyl (C=O) groups is 1. The van der Waals surface area contributed by atoms with E-state index in [1.54, 1.807) is 0 Å². The molecule has 0 saturated heterocycles. The molecule has 24 heavy (non-hydrogen) atoms. The van der Waals surface area contributed by atoms with Gasteiger partial charge >= 0.3 is 0 Å². The van der Waals surface area contributed by atoms with Crippen molar-refractivity contribution >= 4 is 6.41 Å². The summed E-state index contributed by atoms with van der Waals surface area (Å²) in [7, 11) is 0. The molecule has 2 heteroatoms. The number of nitrogens with zero attached hydrogens (tertiary/aromatic N) is 1. The molecule has 1 amide bonds. The molecule has 0 atom stereocenters. The highest BCUT2D eigenvalue weighted by atomic mass is 16.1. The van der Waals surface area contributed by atoms with E-state index >= 15 is 0 Å². The van der Waals surface area contributed by atoms with Crippen molar-refractivity contribution in [2.24, 2.45) is 0 Å². The van der Waals surface area contributed by atoms with E-state index in [-0.39, 0.29) is 0 Å². The van der Waals surface area contributed by atoms with Crippen molar-refractivity contribution < 1.29 is 4.79 Å². The lowest BCUT2D eigenvalue weighted by Gasteiger charge is -2.15. The number of hydrogen-bond acceptors (Lipinski definition) is 1. The van der Waals surface area contributed by atoms with Crippen LogP contribution in [0.1, 0.15) is 123 Å². The zero-order chi connectivity index (χ0) is 17.7. The van der Waals surface area contributed by atoms with Crippen molar-refractivity contribution in [3.63, 3.8) is 0 Å². The van der Waals surface area contributed by atoms with Crippen molar-refractivity contribution in [3.05, 3.63) is 0 Å². The average Bonchev–Trinajstić information content (AvgIpc) is 2.60. The van der Waals surface area contributed by atoms with Crippen molar-refractivity contribution in [1.82, 2.24) is 4.90 Å². The molecule has 0 aliphatic heterocycles. The molecule has 0 heterocycles. The second-order valence-corrected chi connectivity index (χ2v) is 7.44. The van der Waals surface area contributed by atoms with E-state index in [4.69, 9.17) is 0 Å². The molecule has 0 unspecified atom stereocenters. The van der Waals surface area contributed by atoms with E-state index < -0.39 is 0 Å². The number of rotatable bonds is 20. The average molecular weight is 340 g/mol. The highest BCUT2D eigenvalue weighted by molar-refractivity contribution is 5.46. The minimum absolute atomic E-state index is 0.919. The molecule has 0 aliphatic carbocycles. The number of amides is 1. The van der Waals surface area contributed by atoms with Gasteiger partial charge in [0.25, 0.3) is 0 Å². The van der Waals surface area contributed by atoms with Crippen molar-refractivity contribution in [2.75, 3.05) is 13.1 Å². The summed E-state index contributed by atoms with van der Waals surface area (Å²) in [6.07, 6.45) is 24.5. The molecule has 0 aromatic heterocycles. The molecule has 0 N–H and O–H groups in total. The van der Waals surface area contributed by atoms with Crippen LogP contribution in [0.25, 0.3) is 0 Å². The van der Waals surface area contributed by atoms with E-state index in [1.807, 2.05) is 4.90 Å². The van der Waals surface area contributed by atoms with Gasteiger partial charge in [0.1, 0.15) is 0 Å². The first-order chi connectivity index (χ1) is 11.8. The molecule has 0 aliphatic rings. The zero-order valence-electron chi connectivity index (χ0n) is 16.9. The van der Waals surface area contributed by atoms with Gasteiger partial charge < -0.3 is 4.90 Å². The van der Waals surface area contributed by atoms with E-state index in [0.717, 1.165) is 25.9 Å². The summed E-state index contributed by atoms with van der Waals surface area (Å²) >= 11 is 0. The quantitative estimate of drug-likeness (QED) is 0.171. The Balaban J connectivity index is 3.08. The summed E-state index contributed by atoms with van der Waals surface area (Å²) in [6, 6.07) is 0. The van der Waals surface area contributed by atoms with E-state index in [9.17, 15) is 4.79 Å². The van der Waals surface area contributed by atoms with Gasteiger partial charge in [-0.2, -0.15) is 0 Å². The smallest absolute Gasteiger partial charge is 0.209 e. The molecular weight excluding hydrogens is 294 g/mol. The van der Waals surface area contributed by atoms with Crippen LogP contribution in [-0.4, -0.2) is 24.4 Å². The lowest BCUT2D eigenvalue weighted by molar-refractivity contribution is -0.118. The fraction of sp³-hybridized carbons (Fsp3) is 0.955. The molecule has 0 radical (unpaired) electrons. The third-order valence-electron chi connectivity index (χ3n) is 4.96. The summed E-state index contributed by atoms with van der Waals surface area (Å²) < 4.78 is 0. The topological polar surface area (TPSA) is 20.3 Å². The summed E-state index contributed by atoms with van der Waals surface area (Å²) in [6.45, 7) is 6.29. The Morgan fingerprint density at radius 2 is 0.875 bits per heavy atom. The first-order valence-electron chi connectivity index (χ1n) is 11.0. The van der Waals surface area contributed by atoms with Crippen LogP contribution >= 0.6 is 0 Å². The Kier molecular flexibility index (Phi) is 20.1. The van der Waals surface area contributed by atoms with Crippen LogP contribution in [0.3, 0.4) is 0 Å². The fourth-order valence-electron chi connectivity index (χ4n) is 3.37. The number of hydrogen-bond donors (Lipinski definition) is 0. The SMILES string of the molecule is CCCCCCCCCCCCCCCCCCN(C=O)CCC. The van der Waals surface area contributed by atoms with Gasteiger partial charge in [0, 0.05) is 13.1 Å². The molecule has 0 bridgehead atoms. The highest BCUT2D eigenvalue weighted by Gasteiger charge is 1.99. The van der Waals surface area contributed by atoms with E-state index in [1.165, 1.54) is 103 Å². The Hall–Kier alpha value is -0.530. The van der Waals surface area contributed by atoms with E-state index in [2.05, 4.69) is 13.8 Å². The zero-order valence-corrected chi connectivity index (χ0v) is 16.9. The van der Waals surface area contributed by atoms with Crippen molar-refractivity contribution in [2.45, 2.75) is 123 Å². The minimum Gasteiger partial charge on any atom is -0.345 e. The second kappa shape index (κ2) is 20.5. The fourth-order valence-corrected chi connectivity index (χ4v) is 3.37. The van der Waals surface area contributed by atoms with Gasteiger partial charge in [-0.25, -0.2) is 0 Å². The number of unbranched alkanes of at least 4 members (excludes halogenated alkanes) is 15. The Morgan fingerprint density at radius 3 is 1.21 bits per heavy atom. The standard InChI is InChI=1S/C22H45NO/c1-3-5-6-7-8-9-10-11-12-13-14-15-16-17-18-19-21-23(22-24)20-4-2/h22H,3-21H2,1-2H3. The van der Waals surface area contributed by atoms with Gasteiger partial charge in [-0.15, -0.1) is 0 Å². The van der Waals surface area contributed by atoms with Crippen LogP contribution in [0.4, 0.5) is 0 Å². The lowest BCUT2D eigenvalue weighted by Crippen LogP contribution is -2.23. The lowest BCUT2D eigenvalue weighted by atomic mass is 10.0. The molecule has 144 valence electrons. The molecule has 0 fully saturated rings. The molecule has 0 aromatic rings. The number of carbonyl (C=O) groups excluding carboxylic acids is 1. The minimum atomic E-state index is 0.919. The third-order valence-corrected chi connectivity index (χ3v) is 4.96. The molecule has 0 rings (SSSR count). The second-order valence-electron chi connectivity index (χ2n) is 7.44. The normalized spacial score (nSPS) is 10.9. The van der Waals surface area contributed by atoms with Gasteiger partial charge in [0.2, 0.25) is 6.41 Å². The van der Waals surface area contributed by atoms with Crippen LogP contribution in [0.5, 0.6) is 0 Å². The molecule has 0 aromatic carbocycles. The molecule has 0 saturated carbocycles. The van der Waals surface area contributed by atoms with Crippen LogP contribution in [0, 0.1) is 0 Å². The predicted octanol–water partition coefficient (Wildman–Crippen LogP) is 7.12.